The van der Waals surface area contributed by atoms with Crippen LogP contribution in [-0.2, 0) is 11.2 Å². The normalized spacial score (nSPS) is 13.0. The predicted molar refractivity (Wildman–Crippen MR) is 63.5 cm³/mol. The van der Waals surface area contributed by atoms with Crippen LogP contribution in [0.2, 0.25) is 0 Å². The van der Waals surface area contributed by atoms with Crippen LogP contribution in [0.5, 0.6) is 5.75 Å². The van der Waals surface area contributed by atoms with Gasteiger partial charge < -0.3 is 4.74 Å². The molecule has 0 amide bonds. The summed E-state index contributed by atoms with van der Waals surface area (Å²) in [7, 11) is 1.61. The quantitative estimate of drug-likeness (QED) is 0.575. The maximum atomic E-state index is 10.2. The van der Waals surface area contributed by atoms with Gasteiger partial charge in [0.05, 0.1) is 13.2 Å². The second kappa shape index (κ2) is 5.83. The van der Waals surface area contributed by atoms with Gasteiger partial charge in [-0.25, -0.2) is 4.79 Å². The zero-order valence-corrected chi connectivity index (χ0v) is 9.93. The molecule has 0 aliphatic rings. The zero-order chi connectivity index (χ0) is 12.7. The molecule has 17 heavy (non-hydrogen) atoms. The van der Waals surface area contributed by atoms with E-state index in [1.54, 1.807) is 14.0 Å². The van der Waals surface area contributed by atoms with Crippen molar-refractivity contribution in [3.8, 4) is 11.8 Å². The Kier molecular flexibility index (Phi) is 4.45. The van der Waals surface area contributed by atoms with Crippen molar-refractivity contribution in [3.63, 3.8) is 0 Å². The molecule has 0 aliphatic heterocycles. The Morgan fingerprint density at radius 2 is 2.06 bits per heavy atom. The molecular weight excluding hydrogens is 216 g/mol. The lowest BCUT2D eigenvalue weighted by Gasteiger charge is -2.13. The SMILES string of the molecule is COc1ccc(CCC(C)(C#N)N=C=O)cc1. The number of carbonyl (C=O) groups excluding carboxylic acids is 1. The van der Waals surface area contributed by atoms with Crippen molar-refractivity contribution in [2.24, 2.45) is 4.99 Å². The van der Waals surface area contributed by atoms with Gasteiger partial charge in [-0.15, -0.1) is 0 Å². The third-order valence-corrected chi connectivity index (χ3v) is 2.59. The molecule has 88 valence electrons. The highest BCUT2D eigenvalue weighted by molar-refractivity contribution is 5.36. The van der Waals surface area contributed by atoms with Gasteiger partial charge >= 0.3 is 0 Å². The van der Waals surface area contributed by atoms with Gasteiger partial charge in [0, 0.05) is 0 Å². The smallest absolute Gasteiger partial charge is 0.236 e. The second-order valence-electron chi connectivity index (χ2n) is 3.94. The summed E-state index contributed by atoms with van der Waals surface area (Å²) < 4.78 is 5.05. The molecule has 1 aromatic rings. The standard InChI is InChI=1S/C13H14N2O2/c1-13(9-14,15-10-16)8-7-11-3-5-12(17-2)6-4-11/h3-6H,7-8H2,1-2H3. The van der Waals surface area contributed by atoms with E-state index in [9.17, 15) is 4.79 Å². The highest BCUT2D eigenvalue weighted by atomic mass is 16.5. The third-order valence-electron chi connectivity index (χ3n) is 2.59. The molecule has 0 bridgehead atoms. The molecule has 4 nitrogen and oxygen atoms in total. The predicted octanol–water partition coefficient (Wildman–Crippen LogP) is 2.25. The van der Waals surface area contributed by atoms with E-state index in [0.717, 1.165) is 11.3 Å². The summed E-state index contributed by atoms with van der Waals surface area (Å²) in [5, 5.41) is 8.93. The third kappa shape index (κ3) is 3.75. The van der Waals surface area contributed by atoms with Crippen LogP contribution >= 0.6 is 0 Å². The number of ether oxygens (including phenoxy) is 1. The number of isocyanates is 1. The van der Waals surface area contributed by atoms with Gasteiger partial charge in [-0.3, -0.25) is 0 Å². The maximum Gasteiger partial charge on any atom is 0.236 e. The Morgan fingerprint density at radius 1 is 1.41 bits per heavy atom. The van der Waals surface area contributed by atoms with Crippen molar-refractivity contribution in [1.29, 1.82) is 5.26 Å². The topological polar surface area (TPSA) is 62.4 Å². The Balaban J connectivity index is 2.66. The number of nitrogens with zero attached hydrogens (tertiary/aromatic N) is 2. The summed E-state index contributed by atoms with van der Waals surface area (Å²) in [6.45, 7) is 1.63. The van der Waals surface area contributed by atoms with Crippen molar-refractivity contribution in [2.75, 3.05) is 7.11 Å². The first-order valence-corrected chi connectivity index (χ1v) is 5.27. The maximum absolute atomic E-state index is 10.2. The Hall–Kier alpha value is -2.11. The van der Waals surface area contributed by atoms with E-state index in [2.05, 4.69) is 4.99 Å². The molecule has 1 rings (SSSR count). The average Bonchev–Trinajstić information content (AvgIpc) is 2.37. The minimum absolute atomic E-state index is 0.491. The fourth-order valence-corrected chi connectivity index (χ4v) is 1.42. The van der Waals surface area contributed by atoms with E-state index in [-0.39, 0.29) is 0 Å². The van der Waals surface area contributed by atoms with Gasteiger partial charge in [0.15, 0.2) is 5.54 Å². The van der Waals surface area contributed by atoms with Gasteiger partial charge in [-0.05, 0) is 37.5 Å². The van der Waals surface area contributed by atoms with Crippen LogP contribution in [0, 0.1) is 11.3 Å². The number of nitriles is 1. The van der Waals surface area contributed by atoms with E-state index in [4.69, 9.17) is 10.00 Å². The minimum Gasteiger partial charge on any atom is -0.497 e. The Labute approximate surface area is 101 Å². The lowest BCUT2D eigenvalue weighted by Crippen LogP contribution is -2.19. The summed E-state index contributed by atoms with van der Waals surface area (Å²) >= 11 is 0. The fraction of sp³-hybridized carbons (Fsp3) is 0.385. The first kappa shape index (κ1) is 13.0. The van der Waals surface area contributed by atoms with Gasteiger partial charge in [-0.1, -0.05) is 12.1 Å². The number of aryl methyl sites for hydroxylation is 1. The molecule has 0 heterocycles. The molecule has 0 aromatic heterocycles. The number of hydrogen-bond acceptors (Lipinski definition) is 4. The van der Waals surface area contributed by atoms with Crippen LogP contribution in [0.1, 0.15) is 18.9 Å². The molecule has 1 unspecified atom stereocenters. The molecule has 0 radical (unpaired) electrons. The Morgan fingerprint density at radius 3 is 2.53 bits per heavy atom. The Bertz CT molecular complexity index is 455. The summed E-state index contributed by atoms with van der Waals surface area (Å²) in [6.07, 6.45) is 2.62. The van der Waals surface area contributed by atoms with Crippen molar-refractivity contribution in [1.82, 2.24) is 0 Å². The fourth-order valence-electron chi connectivity index (χ4n) is 1.42. The van der Waals surface area contributed by atoms with Gasteiger partial charge in [0.1, 0.15) is 5.75 Å². The largest absolute Gasteiger partial charge is 0.497 e. The molecule has 0 saturated carbocycles. The average molecular weight is 230 g/mol. The van der Waals surface area contributed by atoms with E-state index < -0.39 is 5.54 Å². The highest BCUT2D eigenvalue weighted by Gasteiger charge is 2.22. The zero-order valence-electron chi connectivity index (χ0n) is 9.93. The first-order valence-electron chi connectivity index (χ1n) is 5.27. The summed E-state index contributed by atoms with van der Waals surface area (Å²) in [6, 6.07) is 9.61. The van der Waals surface area contributed by atoms with Gasteiger partial charge in [0.2, 0.25) is 6.08 Å². The summed E-state index contributed by atoms with van der Waals surface area (Å²) in [5.41, 5.74) is 0.0928. The molecule has 0 fully saturated rings. The molecule has 0 spiro atoms. The van der Waals surface area contributed by atoms with E-state index >= 15 is 0 Å². The van der Waals surface area contributed by atoms with E-state index in [1.165, 1.54) is 6.08 Å². The molecular formula is C13H14N2O2. The molecule has 1 aromatic carbocycles. The second-order valence-corrected chi connectivity index (χ2v) is 3.94. The van der Waals surface area contributed by atoms with Crippen LogP contribution in [-0.4, -0.2) is 18.7 Å². The lowest BCUT2D eigenvalue weighted by atomic mass is 9.95. The number of rotatable bonds is 5. The van der Waals surface area contributed by atoms with Crippen LogP contribution in [0.15, 0.2) is 29.3 Å². The number of methoxy groups -OCH3 is 1. The van der Waals surface area contributed by atoms with Crippen LogP contribution in [0.3, 0.4) is 0 Å². The van der Waals surface area contributed by atoms with Crippen molar-refractivity contribution in [2.45, 2.75) is 25.3 Å². The van der Waals surface area contributed by atoms with E-state index in [1.807, 2.05) is 30.3 Å². The number of hydrogen-bond donors (Lipinski definition) is 0. The molecule has 1 atom stereocenters. The van der Waals surface area contributed by atoms with Crippen LogP contribution in [0.25, 0.3) is 0 Å². The number of aliphatic imine (C=N–C) groups is 1. The monoisotopic (exact) mass is 230 g/mol. The highest BCUT2D eigenvalue weighted by Crippen LogP contribution is 2.19. The minimum atomic E-state index is -0.984. The summed E-state index contributed by atoms with van der Waals surface area (Å²) in [4.78, 5) is 13.7. The molecule has 4 heteroatoms. The lowest BCUT2D eigenvalue weighted by molar-refractivity contribution is 0.414. The van der Waals surface area contributed by atoms with Crippen LogP contribution < -0.4 is 4.74 Å². The van der Waals surface area contributed by atoms with Crippen LogP contribution in [0.4, 0.5) is 0 Å². The molecule has 0 N–H and O–H groups in total. The molecule has 0 aliphatic carbocycles. The van der Waals surface area contributed by atoms with Crippen molar-refractivity contribution < 1.29 is 9.53 Å². The first-order chi connectivity index (χ1) is 8.13. The number of benzene rings is 1. The van der Waals surface area contributed by atoms with Gasteiger partial charge in [-0.2, -0.15) is 10.3 Å². The summed E-state index contributed by atoms with van der Waals surface area (Å²) in [5.74, 6) is 0.794. The van der Waals surface area contributed by atoms with Crippen molar-refractivity contribution in [3.05, 3.63) is 29.8 Å². The van der Waals surface area contributed by atoms with Gasteiger partial charge in [0.25, 0.3) is 0 Å². The van der Waals surface area contributed by atoms with Crippen molar-refractivity contribution >= 4 is 6.08 Å². The molecule has 0 saturated heterocycles. The van der Waals surface area contributed by atoms with E-state index in [0.29, 0.717) is 12.8 Å².